The molecule has 0 radical (unpaired) electrons. The summed E-state index contributed by atoms with van der Waals surface area (Å²) >= 11 is 0. The van der Waals surface area contributed by atoms with Gasteiger partial charge in [-0.1, -0.05) is 25.1 Å². The minimum Gasteiger partial charge on any atom is -0.388 e. The monoisotopic (exact) mass is 227 g/mol. The first-order valence-electron chi connectivity index (χ1n) is 6.29. The summed E-state index contributed by atoms with van der Waals surface area (Å²) in [7, 11) is 0. The van der Waals surface area contributed by atoms with E-state index in [0.717, 1.165) is 16.5 Å². The number of fused-ring (bicyclic) bond motifs is 1. The highest BCUT2D eigenvalue weighted by atomic mass is 16.3. The number of aliphatic hydroxyl groups is 1. The lowest BCUT2D eigenvalue weighted by atomic mass is 9.91. The van der Waals surface area contributed by atoms with Crippen LogP contribution in [0.5, 0.6) is 0 Å². The van der Waals surface area contributed by atoms with E-state index in [9.17, 15) is 5.11 Å². The highest BCUT2D eigenvalue weighted by Gasteiger charge is 2.33. The molecule has 2 nitrogen and oxygen atoms in total. The van der Waals surface area contributed by atoms with Crippen molar-refractivity contribution < 1.29 is 5.11 Å². The summed E-state index contributed by atoms with van der Waals surface area (Å²) in [6.07, 6.45) is 3.96. The van der Waals surface area contributed by atoms with Crippen molar-refractivity contribution in [3.63, 3.8) is 0 Å². The highest BCUT2D eigenvalue weighted by molar-refractivity contribution is 5.82. The molecule has 2 unspecified atom stereocenters. The van der Waals surface area contributed by atoms with Gasteiger partial charge in [0.25, 0.3) is 0 Å². The molecule has 88 valence electrons. The lowest BCUT2D eigenvalue weighted by Gasteiger charge is -2.20. The molecule has 0 saturated heterocycles. The fourth-order valence-electron chi connectivity index (χ4n) is 2.55. The lowest BCUT2D eigenvalue weighted by Crippen LogP contribution is -2.11. The third-order valence-electron chi connectivity index (χ3n) is 3.86. The van der Waals surface area contributed by atoms with Crippen molar-refractivity contribution >= 4 is 10.9 Å². The van der Waals surface area contributed by atoms with Gasteiger partial charge in [-0.15, -0.1) is 0 Å². The fourth-order valence-corrected chi connectivity index (χ4v) is 2.55. The molecule has 1 aromatic heterocycles. The Balaban J connectivity index is 2.03. The van der Waals surface area contributed by atoms with Crippen molar-refractivity contribution in [1.82, 2.24) is 4.98 Å². The molecule has 0 aliphatic heterocycles. The van der Waals surface area contributed by atoms with E-state index < -0.39 is 0 Å². The van der Waals surface area contributed by atoms with Crippen LogP contribution in [0.25, 0.3) is 10.9 Å². The zero-order valence-corrected chi connectivity index (χ0v) is 10.0. The van der Waals surface area contributed by atoms with Gasteiger partial charge in [-0.05, 0) is 42.4 Å². The smallest absolute Gasteiger partial charge is 0.0824 e. The van der Waals surface area contributed by atoms with Crippen LogP contribution in [0, 0.1) is 11.8 Å². The van der Waals surface area contributed by atoms with Crippen molar-refractivity contribution in [2.45, 2.75) is 25.9 Å². The van der Waals surface area contributed by atoms with Gasteiger partial charge >= 0.3 is 0 Å². The third-order valence-corrected chi connectivity index (χ3v) is 3.86. The molecule has 3 rings (SSSR count). The van der Waals surface area contributed by atoms with Crippen LogP contribution >= 0.6 is 0 Å². The third kappa shape index (κ3) is 1.93. The molecule has 2 heteroatoms. The SMILES string of the molecule is CC(C1CC1)C(O)c1cccc2ncccc12. The minimum atomic E-state index is -0.365. The van der Waals surface area contributed by atoms with Crippen LogP contribution in [-0.4, -0.2) is 10.1 Å². The molecular weight excluding hydrogens is 210 g/mol. The first kappa shape index (κ1) is 10.7. The molecule has 1 fully saturated rings. The van der Waals surface area contributed by atoms with Gasteiger partial charge in [-0.3, -0.25) is 4.98 Å². The van der Waals surface area contributed by atoms with E-state index in [0.29, 0.717) is 11.8 Å². The topological polar surface area (TPSA) is 33.1 Å². The Bertz CT molecular complexity index is 528. The van der Waals surface area contributed by atoms with Gasteiger partial charge in [0.1, 0.15) is 0 Å². The van der Waals surface area contributed by atoms with E-state index in [4.69, 9.17) is 0 Å². The fraction of sp³-hybridized carbons (Fsp3) is 0.400. The number of hydrogen-bond acceptors (Lipinski definition) is 2. The molecule has 1 aliphatic carbocycles. The first-order chi connectivity index (χ1) is 8.27. The molecule has 0 spiro atoms. The van der Waals surface area contributed by atoms with Crippen molar-refractivity contribution in [1.29, 1.82) is 0 Å². The predicted molar refractivity (Wildman–Crippen MR) is 68.6 cm³/mol. The van der Waals surface area contributed by atoms with Gasteiger partial charge in [0.05, 0.1) is 11.6 Å². The average molecular weight is 227 g/mol. The van der Waals surface area contributed by atoms with E-state index in [1.54, 1.807) is 6.20 Å². The molecule has 1 saturated carbocycles. The molecule has 1 aromatic carbocycles. The maximum Gasteiger partial charge on any atom is 0.0824 e. The van der Waals surface area contributed by atoms with Crippen LogP contribution < -0.4 is 0 Å². The van der Waals surface area contributed by atoms with Gasteiger partial charge in [-0.25, -0.2) is 0 Å². The molecule has 1 aliphatic rings. The Hall–Kier alpha value is -1.41. The van der Waals surface area contributed by atoms with E-state index in [-0.39, 0.29) is 6.10 Å². The maximum absolute atomic E-state index is 10.5. The standard InChI is InChI=1S/C15H17NO/c1-10(11-7-8-11)15(17)13-4-2-6-14-12(13)5-3-9-16-14/h2-6,9-11,15,17H,7-8H2,1H3. The molecule has 2 aromatic rings. The number of nitrogens with zero attached hydrogens (tertiary/aromatic N) is 1. The number of hydrogen-bond donors (Lipinski definition) is 1. The summed E-state index contributed by atoms with van der Waals surface area (Å²) in [5.74, 6) is 1.05. The second kappa shape index (κ2) is 4.11. The number of aromatic nitrogens is 1. The maximum atomic E-state index is 10.5. The number of aliphatic hydroxyl groups excluding tert-OH is 1. The predicted octanol–water partition coefficient (Wildman–Crippen LogP) is 3.31. The number of rotatable bonds is 3. The van der Waals surface area contributed by atoms with Crippen molar-refractivity contribution in [2.75, 3.05) is 0 Å². The van der Waals surface area contributed by atoms with Crippen molar-refractivity contribution in [3.05, 3.63) is 42.1 Å². The molecule has 17 heavy (non-hydrogen) atoms. The second-order valence-electron chi connectivity index (χ2n) is 5.06. The largest absolute Gasteiger partial charge is 0.388 e. The van der Waals surface area contributed by atoms with Crippen molar-refractivity contribution in [2.24, 2.45) is 11.8 Å². The van der Waals surface area contributed by atoms with Gasteiger partial charge in [0.15, 0.2) is 0 Å². The van der Waals surface area contributed by atoms with E-state index in [1.807, 2.05) is 30.3 Å². The van der Waals surface area contributed by atoms with Crippen molar-refractivity contribution in [3.8, 4) is 0 Å². The molecule has 0 amide bonds. The number of benzene rings is 1. The summed E-state index contributed by atoms with van der Waals surface area (Å²) in [6.45, 7) is 2.15. The first-order valence-corrected chi connectivity index (χ1v) is 6.29. The lowest BCUT2D eigenvalue weighted by molar-refractivity contribution is 0.107. The summed E-state index contributed by atoms with van der Waals surface area (Å²) in [5, 5.41) is 11.5. The average Bonchev–Trinajstić information content (AvgIpc) is 3.20. The van der Waals surface area contributed by atoms with Crippen LogP contribution in [0.3, 0.4) is 0 Å². The molecular formula is C15H17NO. The molecule has 2 atom stereocenters. The molecule has 1 N–H and O–H groups in total. The number of pyridine rings is 1. The summed E-state index contributed by atoms with van der Waals surface area (Å²) in [6, 6.07) is 9.97. The molecule has 0 bridgehead atoms. The Morgan fingerprint density at radius 1 is 1.24 bits per heavy atom. The van der Waals surface area contributed by atoms with E-state index >= 15 is 0 Å². The van der Waals surface area contributed by atoms with Gasteiger partial charge < -0.3 is 5.11 Å². The van der Waals surface area contributed by atoms with Crippen LogP contribution in [0.15, 0.2) is 36.5 Å². The van der Waals surface area contributed by atoms with Gasteiger partial charge in [0.2, 0.25) is 0 Å². The Morgan fingerprint density at radius 3 is 2.82 bits per heavy atom. The molecule has 1 heterocycles. The van der Waals surface area contributed by atoms with Crippen LogP contribution in [-0.2, 0) is 0 Å². The van der Waals surface area contributed by atoms with E-state index in [1.165, 1.54) is 12.8 Å². The Kier molecular flexibility index (Phi) is 2.60. The summed E-state index contributed by atoms with van der Waals surface area (Å²) in [5.41, 5.74) is 1.99. The highest BCUT2D eigenvalue weighted by Crippen LogP contribution is 2.43. The normalized spacial score (nSPS) is 19.2. The van der Waals surface area contributed by atoms with E-state index in [2.05, 4.69) is 11.9 Å². The minimum absolute atomic E-state index is 0.348. The van der Waals surface area contributed by atoms with Gasteiger partial charge in [-0.2, -0.15) is 0 Å². The Morgan fingerprint density at radius 2 is 2.06 bits per heavy atom. The quantitative estimate of drug-likeness (QED) is 0.872. The second-order valence-corrected chi connectivity index (χ2v) is 5.06. The zero-order valence-electron chi connectivity index (χ0n) is 10.0. The van der Waals surface area contributed by atoms with Gasteiger partial charge in [0, 0.05) is 11.6 Å². The zero-order chi connectivity index (χ0) is 11.8. The van der Waals surface area contributed by atoms with Crippen LogP contribution in [0.4, 0.5) is 0 Å². The summed E-state index contributed by atoms with van der Waals surface area (Å²) < 4.78 is 0. The Labute approximate surface area is 101 Å². The van der Waals surface area contributed by atoms with Crippen LogP contribution in [0.2, 0.25) is 0 Å². The summed E-state index contributed by atoms with van der Waals surface area (Å²) in [4.78, 5) is 4.33. The van der Waals surface area contributed by atoms with Crippen LogP contribution in [0.1, 0.15) is 31.4 Å².